The normalized spacial score (nSPS) is 14.8. The van der Waals surface area contributed by atoms with Crippen LogP contribution in [0.5, 0.6) is 11.5 Å². The summed E-state index contributed by atoms with van der Waals surface area (Å²) in [6, 6.07) is 54.3. The molecule has 0 atom stereocenters. The standard InChI is InChI=1S/C47H32N2O/c1-3-12-37(13-4-1)47(38-14-5-2-6-15-38)40-26-23-32-10-7-8-16-39(32)46(40)50-43-28-25-36(30-41(43)47)31-17-19-33(20-18-31)42-27-24-35-22-21-34-11-9-29-48-44(34)45(35)49-42/h1-17,19,21-30H,18,20H2. The summed E-state index contributed by atoms with van der Waals surface area (Å²) in [6.07, 6.45) is 8.22. The van der Waals surface area contributed by atoms with Gasteiger partial charge in [0, 0.05) is 33.5 Å². The maximum atomic E-state index is 6.93. The molecule has 0 saturated heterocycles. The smallest absolute Gasteiger partial charge is 0.140 e. The Morgan fingerprint density at radius 2 is 1.18 bits per heavy atom. The fraction of sp³-hybridized carbons (Fsp3) is 0.0638. The highest BCUT2D eigenvalue weighted by molar-refractivity contribution is 6.03. The first-order valence-electron chi connectivity index (χ1n) is 17.3. The van der Waals surface area contributed by atoms with E-state index in [0.717, 1.165) is 68.4 Å². The van der Waals surface area contributed by atoms with E-state index < -0.39 is 5.41 Å². The Balaban J connectivity index is 1.13. The van der Waals surface area contributed by atoms with E-state index >= 15 is 0 Å². The van der Waals surface area contributed by atoms with Gasteiger partial charge in [0.2, 0.25) is 0 Å². The van der Waals surface area contributed by atoms with Crippen molar-refractivity contribution in [2.45, 2.75) is 18.3 Å². The molecule has 0 saturated carbocycles. The molecule has 0 spiro atoms. The Kier molecular flexibility index (Phi) is 6.53. The number of benzene rings is 6. The van der Waals surface area contributed by atoms with Crippen LogP contribution in [0, 0.1) is 0 Å². The molecule has 8 aromatic rings. The Bertz CT molecular complexity index is 2630. The number of nitrogens with zero attached hydrogens (tertiary/aromatic N) is 2. The van der Waals surface area contributed by atoms with Crippen LogP contribution in [0.25, 0.3) is 43.7 Å². The van der Waals surface area contributed by atoms with Gasteiger partial charge in [-0.05, 0) is 70.3 Å². The summed E-state index contributed by atoms with van der Waals surface area (Å²) in [6.45, 7) is 0. The van der Waals surface area contributed by atoms with Crippen molar-refractivity contribution in [1.29, 1.82) is 0 Å². The van der Waals surface area contributed by atoms with Gasteiger partial charge in [0.1, 0.15) is 11.5 Å². The Hall–Kier alpha value is -6.32. The maximum Gasteiger partial charge on any atom is 0.140 e. The monoisotopic (exact) mass is 640 g/mol. The second-order valence-electron chi connectivity index (χ2n) is 13.3. The molecule has 0 unspecified atom stereocenters. The Morgan fingerprint density at radius 3 is 1.96 bits per heavy atom. The first kappa shape index (κ1) is 28.7. The minimum absolute atomic E-state index is 0.576. The van der Waals surface area contributed by atoms with E-state index in [1.807, 2.05) is 12.3 Å². The van der Waals surface area contributed by atoms with Gasteiger partial charge in [-0.25, -0.2) is 4.98 Å². The van der Waals surface area contributed by atoms with Crippen LogP contribution in [0.2, 0.25) is 0 Å². The van der Waals surface area contributed by atoms with Crippen molar-refractivity contribution >= 4 is 43.7 Å². The lowest BCUT2D eigenvalue weighted by Gasteiger charge is -2.42. The molecule has 0 amide bonds. The number of fused-ring (bicyclic) bond motifs is 7. The number of rotatable bonds is 4. The van der Waals surface area contributed by atoms with E-state index in [-0.39, 0.29) is 0 Å². The summed E-state index contributed by atoms with van der Waals surface area (Å²) < 4.78 is 6.93. The van der Waals surface area contributed by atoms with Crippen LogP contribution in [-0.4, -0.2) is 9.97 Å². The summed E-state index contributed by atoms with van der Waals surface area (Å²) >= 11 is 0. The Labute approximate surface area is 290 Å². The van der Waals surface area contributed by atoms with Crippen molar-refractivity contribution < 1.29 is 4.74 Å². The lowest BCUT2D eigenvalue weighted by molar-refractivity contribution is 0.439. The summed E-state index contributed by atoms with van der Waals surface area (Å²) in [5.74, 6) is 1.81. The zero-order valence-electron chi connectivity index (χ0n) is 27.4. The van der Waals surface area contributed by atoms with Crippen molar-refractivity contribution in [3.63, 3.8) is 0 Å². The molecule has 3 heteroatoms. The molecule has 3 heterocycles. The van der Waals surface area contributed by atoms with Crippen LogP contribution < -0.4 is 4.74 Å². The molecule has 2 aliphatic rings. The molecular weight excluding hydrogens is 609 g/mol. The quantitative estimate of drug-likeness (QED) is 0.180. The molecule has 2 aromatic heterocycles. The minimum Gasteiger partial charge on any atom is -0.456 e. The van der Waals surface area contributed by atoms with Gasteiger partial charge in [0.05, 0.1) is 22.1 Å². The summed E-state index contributed by atoms with van der Waals surface area (Å²) in [5.41, 5.74) is 10.9. The molecule has 10 rings (SSSR count). The predicted octanol–water partition coefficient (Wildman–Crippen LogP) is 11.7. The number of ether oxygens (including phenoxy) is 1. The molecule has 1 aliphatic carbocycles. The lowest BCUT2D eigenvalue weighted by atomic mass is 9.63. The number of aromatic nitrogens is 2. The molecule has 3 nitrogen and oxygen atoms in total. The second-order valence-corrected chi connectivity index (χ2v) is 13.3. The van der Waals surface area contributed by atoms with Gasteiger partial charge in [-0.15, -0.1) is 0 Å². The van der Waals surface area contributed by atoms with E-state index in [1.54, 1.807) is 0 Å². The zero-order chi connectivity index (χ0) is 33.1. The van der Waals surface area contributed by atoms with Crippen molar-refractivity contribution in [1.82, 2.24) is 9.97 Å². The Morgan fingerprint density at radius 1 is 0.520 bits per heavy atom. The topological polar surface area (TPSA) is 35.0 Å². The van der Waals surface area contributed by atoms with E-state index in [9.17, 15) is 0 Å². The first-order valence-corrected chi connectivity index (χ1v) is 17.3. The maximum absolute atomic E-state index is 6.93. The van der Waals surface area contributed by atoms with Crippen molar-refractivity contribution in [3.8, 4) is 11.5 Å². The fourth-order valence-corrected chi connectivity index (χ4v) is 8.17. The molecule has 0 bridgehead atoms. The van der Waals surface area contributed by atoms with E-state index in [1.165, 1.54) is 33.2 Å². The van der Waals surface area contributed by atoms with Gasteiger partial charge in [-0.1, -0.05) is 140 Å². The van der Waals surface area contributed by atoms with E-state index in [2.05, 4.69) is 163 Å². The zero-order valence-corrected chi connectivity index (χ0v) is 27.4. The van der Waals surface area contributed by atoms with Gasteiger partial charge in [-0.2, -0.15) is 0 Å². The van der Waals surface area contributed by atoms with Crippen LogP contribution in [0.15, 0.2) is 170 Å². The summed E-state index contributed by atoms with van der Waals surface area (Å²) in [4.78, 5) is 9.80. The van der Waals surface area contributed by atoms with Crippen LogP contribution in [0.1, 0.15) is 46.4 Å². The van der Waals surface area contributed by atoms with Gasteiger partial charge in [0.25, 0.3) is 0 Å². The fourth-order valence-electron chi connectivity index (χ4n) is 8.17. The van der Waals surface area contributed by atoms with Crippen LogP contribution in [0.3, 0.4) is 0 Å². The number of pyridine rings is 2. The number of hydrogen-bond donors (Lipinski definition) is 0. The third kappa shape index (κ3) is 4.37. The molecule has 0 radical (unpaired) electrons. The third-order valence-corrected chi connectivity index (χ3v) is 10.6. The second kappa shape index (κ2) is 11.4. The van der Waals surface area contributed by atoms with Gasteiger partial charge in [-0.3, -0.25) is 4.98 Å². The molecule has 0 fully saturated rings. The van der Waals surface area contributed by atoms with Gasteiger partial charge < -0.3 is 4.74 Å². The first-order chi connectivity index (χ1) is 24.8. The SMILES string of the molecule is C1=C(c2ccc3c(c2)C(c2ccccc2)(c2ccccc2)c2ccc4ccccc4c2O3)CCC(c2ccc3ccc4cccnc4c3n2)=C1. The number of allylic oxidation sites excluding steroid dienone is 4. The molecule has 6 aromatic carbocycles. The van der Waals surface area contributed by atoms with Gasteiger partial charge in [0.15, 0.2) is 0 Å². The van der Waals surface area contributed by atoms with Crippen molar-refractivity contribution in [2.24, 2.45) is 0 Å². The van der Waals surface area contributed by atoms with Gasteiger partial charge >= 0.3 is 0 Å². The number of hydrogen-bond acceptors (Lipinski definition) is 3. The summed E-state index contributed by atoms with van der Waals surface area (Å²) in [7, 11) is 0. The lowest BCUT2D eigenvalue weighted by Crippen LogP contribution is -2.34. The minimum atomic E-state index is -0.576. The molecule has 0 N–H and O–H groups in total. The molecule has 236 valence electrons. The summed E-state index contributed by atoms with van der Waals surface area (Å²) in [5, 5.41) is 4.51. The van der Waals surface area contributed by atoms with Crippen molar-refractivity contribution in [2.75, 3.05) is 0 Å². The highest BCUT2D eigenvalue weighted by Gasteiger charge is 2.46. The third-order valence-electron chi connectivity index (χ3n) is 10.6. The molecule has 50 heavy (non-hydrogen) atoms. The average Bonchev–Trinajstić information content (AvgIpc) is 3.20. The van der Waals surface area contributed by atoms with Crippen LogP contribution in [-0.2, 0) is 5.41 Å². The largest absolute Gasteiger partial charge is 0.456 e. The van der Waals surface area contributed by atoms with Crippen LogP contribution in [0.4, 0.5) is 0 Å². The predicted molar refractivity (Wildman–Crippen MR) is 205 cm³/mol. The van der Waals surface area contributed by atoms with Crippen molar-refractivity contribution in [3.05, 3.63) is 204 Å². The van der Waals surface area contributed by atoms with Crippen LogP contribution >= 0.6 is 0 Å². The van der Waals surface area contributed by atoms with E-state index in [0.29, 0.717) is 0 Å². The molecule has 1 aliphatic heterocycles. The highest BCUT2D eigenvalue weighted by Crippen LogP contribution is 2.57. The van der Waals surface area contributed by atoms with E-state index in [4.69, 9.17) is 9.72 Å². The highest BCUT2D eigenvalue weighted by atomic mass is 16.5. The molecular formula is C47H32N2O. The average molecular weight is 641 g/mol.